The molecule has 23 heavy (non-hydrogen) atoms. The average molecular weight is 533 g/mol. The Morgan fingerprint density at radius 1 is 0.478 bits per heavy atom. The molecule has 0 bridgehead atoms. The van der Waals surface area contributed by atoms with Crippen molar-refractivity contribution >= 4 is 14.5 Å². The Balaban J connectivity index is -0.0000000270. The minimum absolute atomic E-state index is 0. The molecule has 0 spiro atoms. The molecular weight excluding hydrogens is 521 g/mol. The van der Waals surface area contributed by atoms with Crippen LogP contribution >= 0.6 is 0 Å². The fourth-order valence-electron chi connectivity index (χ4n) is 0. The molecule has 0 saturated heterocycles. The molecule has 4 nitrogen and oxygen atoms in total. The van der Waals surface area contributed by atoms with Gasteiger partial charge in [-0.3, -0.25) is 0 Å². The van der Waals surface area contributed by atoms with Crippen molar-refractivity contribution in [1.29, 1.82) is 21.0 Å². The van der Waals surface area contributed by atoms with Crippen molar-refractivity contribution in [2.45, 2.75) is 27.7 Å². The molecular formula is C8H12B2F8N4Pt. The number of hydrogen-bond donors (Lipinski definition) is 0. The van der Waals surface area contributed by atoms with Crippen molar-refractivity contribution in [3.05, 3.63) is 0 Å². The van der Waals surface area contributed by atoms with Crippen LogP contribution in [0.2, 0.25) is 0 Å². The maximum atomic E-state index is 9.75. The molecule has 0 aromatic rings. The van der Waals surface area contributed by atoms with Gasteiger partial charge in [-0.1, -0.05) is 0 Å². The van der Waals surface area contributed by atoms with Crippen LogP contribution in [0.15, 0.2) is 0 Å². The third-order valence-electron chi connectivity index (χ3n) is 0. The molecule has 0 unspecified atom stereocenters. The molecule has 0 radical (unpaired) electrons. The first-order chi connectivity index (χ1) is 9.66. The van der Waals surface area contributed by atoms with Gasteiger partial charge in [0.2, 0.25) is 0 Å². The normalized spacial score (nSPS) is 6.61. The molecule has 0 amide bonds. The van der Waals surface area contributed by atoms with E-state index in [0.717, 1.165) is 0 Å². The van der Waals surface area contributed by atoms with Crippen LogP contribution in [0.5, 0.6) is 0 Å². The third kappa shape index (κ3) is 2110. The quantitative estimate of drug-likeness (QED) is 0.333. The number of halogens is 8. The SMILES string of the molecule is CC#N.CC#N.CC#N.CC#N.F[B-](F)(F)F.F[B-](F)(F)F.[Pt+2]. The number of nitriles is 4. The molecule has 0 aliphatic heterocycles. The number of rotatable bonds is 0. The topological polar surface area (TPSA) is 95.2 Å². The Morgan fingerprint density at radius 3 is 0.478 bits per heavy atom. The van der Waals surface area contributed by atoms with Crippen molar-refractivity contribution in [2.75, 3.05) is 0 Å². The van der Waals surface area contributed by atoms with E-state index in [1.165, 1.54) is 27.7 Å². The van der Waals surface area contributed by atoms with Crippen LogP contribution in [0.25, 0.3) is 0 Å². The zero-order valence-corrected chi connectivity index (χ0v) is 14.6. The predicted molar refractivity (Wildman–Crippen MR) is 65.5 cm³/mol. The Labute approximate surface area is 143 Å². The van der Waals surface area contributed by atoms with Gasteiger partial charge in [-0.15, -0.1) is 0 Å². The van der Waals surface area contributed by atoms with Crippen molar-refractivity contribution in [2.24, 2.45) is 0 Å². The van der Waals surface area contributed by atoms with Crippen molar-refractivity contribution in [3.63, 3.8) is 0 Å². The summed E-state index contributed by atoms with van der Waals surface area (Å²) in [7, 11) is -12.0. The van der Waals surface area contributed by atoms with Gasteiger partial charge >= 0.3 is 35.6 Å². The molecule has 0 aromatic heterocycles. The van der Waals surface area contributed by atoms with E-state index in [4.69, 9.17) is 21.0 Å². The van der Waals surface area contributed by atoms with E-state index in [1.807, 2.05) is 0 Å². The molecule has 0 aliphatic carbocycles. The van der Waals surface area contributed by atoms with Crippen LogP contribution in [0.3, 0.4) is 0 Å². The molecule has 0 N–H and O–H groups in total. The minimum atomic E-state index is -6.00. The Morgan fingerprint density at radius 2 is 0.478 bits per heavy atom. The maximum absolute atomic E-state index is 9.75. The largest absolute Gasteiger partial charge is 2.00 e. The number of hydrogen-bond acceptors (Lipinski definition) is 4. The standard InChI is InChI=1S/4C2H3N.2BF4.Pt/c4*1-2-3;2*2-1(3,4)5;/h4*1H3;;;/q;;;;2*-1;+2. The van der Waals surface area contributed by atoms with Gasteiger partial charge in [0.25, 0.3) is 0 Å². The second-order valence-corrected chi connectivity index (χ2v) is 1.88. The molecule has 0 aliphatic rings. The summed E-state index contributed by atoms with van der Waals surface area (Å²) in [6, 6.07) is 7.00. The molecule has 0 heterocycles. The maximum Gasteiger partial charge on any atom is 2.00 e. The molecule has 0 aromatic carbocycles. The molecule has 0 rings (SSSR count). The number of nitrogens with zero attached hydrogens (tertiary/aromatic N) is 4. The van der Waals surface area contributed by atoms with E-state index in [0.29, 0.717) is 0 Å². The van der Waals surface area contributed by atoms with Crippen LogP contribution in [0, 0.1) is 45.3 Å². The molecule has 0 atom stereocenters. The van der Waals surface area contributed by atoms with E-state index in [1.54, 1.807) is 24.3 Å². The Kier molecular flexibility index (Phi) is 68.9. The van der Waals surface area contributed by atoms with Crippen LogP contribution < -0.4 is 0 Å². The van der Waals surface area contributed by atoms with Gasteiger partial charge in [-0.25, -0.2) is 0 Å². The van der Waals surface area contributed by atoms with E-state index in [-0.39, 0.29) is 21.1 Å². The van der Waals surface area contributed by atoms with E-state index >= 15 is 0 Å². The van der Waals surface area contributed by atoms with Gasteiger partial charge in [0.1, 0.15) is 0 Å². The fraction of sp³-hybridized carbons (Fsp3) is 0.500. The summed E-state index contributed by atoms with van der Waals surface area (Å²) >= 11 is 0. The first kappa shape index (κ1) is 42.9. The first-order valence-corrected chi connectivity index (χ1v) is 4.64. The third-order valence-corrected chi connectivity index (χ3v) is 0. The van der Waals surface area contributed by atoms with Crippen LogP contribution in [0.4, 0.5) is 34.5 Å². The van der Waals surface area contributed by atoms with Crippen molar-refractivity contribution < 1.29 is 55.6 Å². The summed E-state index contributed by atoms with van der Waals surface area (Å²) in [5.74, 6) is 0. The summed E-state index contributed by atoms with van der Waals surface area (Å²) in [5.41, 5.74) is 0. The zero-order chi connectivity index (χ0) is 19.8. The van der Waals surface area contributed by atoms with Gasteiger partial charge in [-0.05, 0) is 0 Å². The second-order valence-electron chi connectivity index (χ2n) is 1.88. The van der Waals surface area contributed by atoms with E-state index < -0.39 is 14.5 Å². The minimum Gasteiger partial charge on any atom is -0.418 e. The van der Waals surface area contributed by atoms with Gasteiger partial charge in [0, 0.05) is 27.7 Å². The smallest absolute Gasteiger partial charge is 0.418 e. The Hall–Kier alpha value is -1.78. The fourth-order valence-corrected chi connectivity index (χ4v) is 0. The summed E-state index contributed by atoms with van der Waals surface area (Å²) in [5, 5.41) is 29.3. The summed E-state index contributed by atoms with van der Waals surface area (Å²) in [6.45, 7) is 5.72. The van der Waals surface area contributed by atoms with Crippen LogP contribution in [-0.2, 0) is 21.1 Å². The van der Waals surface area contributed by atoms with Crippen LogP contribution in [-0.4, -0.2) is 14.5 Å². The van der Waals surface area contributed by atoms with E-state index in [2.05, 4.69) is 0 Å². The van der Waals surface area contributed by atoms with Gasteiger partial charge < -0.3 is 34.5 Å². The summed E-state index contributed by atoms with van der Waals surface area (Å²) < 4.78 is 78.0. The second kappa shape index (κ2) is 36.9. The molecule has 15 heteroatoms. The average Bonchev–Trinajstić information content (AvgIpc) is 2.15. The predicted octanol–water partition coefficient (Wildman–Crippen LogP) is 4.72. The first-order valence-electron chi connectivity index (χ1n) is 4.64. The monoisotopic (exact) mass is 533 g/mol. The molecule has 0 saturated carbocycles. The van der Waals surface area contributed by atoms with Gasteiger partial charge in [0.15, 0.2) is 0 Å². The van der Waals surface area contributed by atoms with Crippen molar-refractivity contribution in [1.82, 2.24) is 0 Å². The van der Waals surface area contributed by atoms with Gasteiger partial charge in [0.05, 0.1) is 24.3 Å². The molecule has 136 valence electrons. The Bertz CT molecular complexity index is 289. The van der Waals surface area contributed by atoms with Crippen LogP contribution in [0.1, 0.15) is 27.7 Å². The summed E-state index contributed by atoms with van der Waals surface area (Å²) in [6.07, 6.45) is 0. The molecule has 0 fully saturated rings. The van der Waals surface area contributed by atoms with Gasteiger partial charge in [-0.2, -0.15) is 21.0 Å². The van der Waals surface area contributed by atoms with Crippen molar-refractivity contribution in [3.8, 4) is 24.3 Å². The summed E-state index contributed by atoms with van der Waals surface area (Å²) in [4.78, 5) is 0. The van der Waals surface area contributed by atoms with E-state index in [9.17, 15) is 34.5 Å². The zero-order valence-electron chi connectivity index (χ0n) is 12.3.